The molecule has 0 aliphatic carbocycles. The minimum atomic E-state index is -0.390. The maximum absolute atomic E-state index is 13.4. The van der Waals surface area contributed by atoms with Gasteiger partial charge in [0.25, 0.3) is 0 Å². The number of likely N-dealkylation sites (tertiary alicyclic amines) is 1. The molecule has 0 radical (unpaired) electrons. The van der Waals surface area contributed by atoms with E-state index >= 15 is 0 Å². The molecule has 0 unspecified atom stereocenters. The topological polar surface area (TPSA) is 54.3 Å². The number of hydrogen-bond donors (Lipinski definition) is 0. The molecule has 7 heteroatoms. The van der Waals surface area contributed by atoms with Crippen LogP contribution >= 0.6 is 0 Å². The van der Waals surface area contributed by atoms with Gasteiger partial charge in [-0.2, -0.15) is 0 Å². The first-order valence-electron chi connectivity index (χ1n) is 9.71. The molecule has 1 aromatic heterocycles. The lowest BCUT2D eigenvalue weighted by atomic mass is 10.0. The highest BCUT2D eigenvalue weighted by atomic mass is 19.1. The van der Waals surface area contributed by atoms with Crippen LogP contribution in [-0.2, 0) is 17.9 Å². The quantitative estimate of drug-likeness (QED) is 0.749. The van der Waals surface area contributed by atoms with E-state index in [0.717, 1.165) is 50.3 Å². The number of rotatable bonds is 7. The van der Waals surface area contributed by atoms with Crippen molar-refractivity contribution >= 4 is 5.91 Å². The van der Waals surface area contributed by atoms with Crippen LogP contribution in [-0.4, -0.2) is 50.6 Å². The number of piperidine rings is 1. The Labute approximate surface area is 160 Å². The zero-order chi connectivity index (χ0) is 19.2. The van der Waals surface area contributed by atoms with Gasteiger partial charge in [0.2, 0.25) is 5.91 Å². The summed E-state index contributed by atoms with van der Waals surface area (Å²) in [5.41, 5.74) is 0.838. The Kier molecular flexibility index (Phi) is 6.55. The van der Waals surface area contributed by atoms with Crippen LogP contribution < -0.4 is 0 Å². The Morgan fingerprint density at radius 2 is 1.93 bits per heavy atom. The van der Waals surface area contributed by atoms with Crippen LogP contribution in [0.3, 0.4) is 0 Å². The van der Waals surface area contributed by atoms with Gasteiger partial charge in [-0.25, -0.2) is 4.39 Å². The zero-order valence-electron chi connectivity index (χ0n) is 16.1. The third-order valence-corrected chi connectivity index (χ3v) is 5.09. The van der Waals surface area contributed by atoms with Gasteiger partial charge in [0, 0.05) is 13.6 Å². The second kappa shape index (κ2) is 9.08. The highest BCUT2D eigenvalue weighted by molar-refractivity contribution is 5.83. The molecule has 27 heavy (non-hydrogen) atoms. The summed E-state index contributed by atoms with van der Waals surface area (Å²) >= 11 is 0. The third-order valence-electron chi connectivity index (χ3n) is 5.09. The van der Waals surface area contributed by atoms with Crippen molar-refractivity contribution in [2.24, 2.45) is 0 Å². The molecule has 1 aliphatic heterocycles. The molecular weight excluding hydrogens is 345 g/mol. The SMILES string of the molecule is CCCn1cnnc1CN(C)C(=O)[C@@H](c1ccc(F)cc1)N1CCCCC1. The van der Waals surface area contributed by atoms with Crippen LogP contribution in [0.1, 0.15) is 50.0 Å². The molecule has 2 heterocycles. The molecule has 1 atom stereocenters. The Hall–Kier alpha value is -2.28. The van der Waals surface area contributed by atoms with Gasteiger partial charge >= 0.3 is 0 Å². The fourth-order valence-electron chi connectivity index (χ4n) is 3.66. The first kappa shape index (κ1) is 19.5. The van der Waals surface area contributed by atoms with Gasteiger partial charge in [-0.05, 0) is 50.0 Å². The Morgan fingerprint density at radius 1 is 1.22 bits per heavy atom. The highest BCUT2D eigenvalue weighted by Gasteiger charge is 2.31. The summed E-state index contributed by atoms with van der Waals surface area (Å²) in [6, 6.07) is 5.91. The summed E-state index contributed by atoms with van der Waals surface area (Å²) in [4.78, 5) is 17.3. The number of hydrogen-bond acceptors (Lipinski definition) is 4. The number of carbonyl (C=O) groups excluding carboxylic acids is 1. The van der Waals surface area contributed by atoms with Crippen molar-refractivity contribution in [2.75, 3.05) is 20.1 Å². The van der Waals surface area contributed by atoms with Crippen LogP contribution in [0.5, 0.6) is 0 Å². The van der Waals surface area contributed by atoms with Crippen molar-refractivity contribution in [3.63, 3.8) is 0 Å². The largest absolute Gasteiger partial charge is 0.337 e. The zero-order valence-corrected chi connectivity index (χ0v) is 16.1. The summed E-state index contributed by atoms with van der Waals surface area (Å²) in [7, 11) is 1.80. The second-order valence-corrected chi connectivity index (χ2v) is 7.19. The summed E-state index contributed by atoms with van der Waals surface area (Å²) < 4.78 is 15.4. The predicted molar refractivity (Wildman–Crippen MR) is 101 cm³/mol. The molecule has 0 bridgehead atoms. The lowest BCUT2D eigenvalue weighted by Crippen LogP contribution is -2.43. The smallest absolute Gasteiger partial charge is 0.244 e. The summed E-state index contributed by atoms with van der Waals surface area (Å²) in [5.74, 6) is 0.503. The molecule has 0 spiro atoms. The monoisotopic (exact) mass is 373 g/mol. The average Bonchev–Trinajstić information content (AvgIpc) is 3.11. The minimum Gasteiger partial charge on any atom is -0.337 e. The van der Waals surface area contributed by atoms with E-state index in [1.165, 1.54) is 18.6 Å². The standard InChI is InChI=1S/C20H28FN5O/c1-3-11-26-15-22-23-18(26)14-24(2)20(27)19(25-12-5-4-6-13-25)16-7-9-17(21)10-8-16/h7-10,15,19H,3-6,11-14H2,1-2H3/t19-/m1/s1. The Morgan fingerprint density at radius 3 is 2.59 bits per heavy atom. The number of nitrogens with zero attached hydrogens (tertiary/aromatic N) is 5. The summed E-state index contributed by atoms with van der Waals surface area (Å²) in [6.45, 7) is 5.10. The van der Waals surface area contributed by atoms with E-state index in [9.17, 15) is 9.18 Å². The molecule has 1 saturated heterocycles. The van der Waals surface area contributed by atoms with E-state index in [0.29, 0.717) is 6.54 Å². The van der Waals surface area contributed by atoms with Crippen molar-refractivity contribution in [3.8, 4) is 0 Å². The molecule has 0 saturated carbocycles. The fraction of sp³-hybridized carbons (Fsp3) is 0.550. The van der Waals surface area contributed by atoms with Gasteiger partial charge < -0.3 is 9.47 Å². The molecule has 1 amide bonds. The summed E-state index contributed by atoms with van der Waals surface area (Å²) in [6.07, 6.45) is 6.05. The van der Waals surface area contributed by atoms with E-state index in [-0.39, 0.29) is 11.7 Å². The highest BCUT2D eigenvalue weighted by Crippen LogP contribution is 2.27. The van der Waals surface area contributed by atoms with E-state index in [2.05, 4.69) is 22.0 Å². The maximum atomic E-state index is 13.4. The van der Waals surface area contributed by atoms with Gasteiger partial charge in [0.15, 0.2) is 5.82 Å². The van der Waals surface area contributed by atoms with Crippen molar-refractivity contribution in [1.29, 1.82) is 0 Å². The molecule has 146 valence electrons. The van der Waals surface area contributed by atoms with Crippen molar-refractivity contribution < 1.29 is 9.18 Å². The van der Waals surface area contributed by atoms with E-state index in [1.807, 2.05) is 4.57 Å². The van der Waals surface area contributed by atoms with Crippen molar-refractivity contribution in [3.05, 3.63) is 47.8 Å². The number of aryl methyl sites for hydroxylation is 1. The number of carbonyl (C=O) groups is 1. The van der Waals surface area contributed by atoms with Crippen LogP contribution in [0.4, 0.5) is 4.39 Å². The maximum Gasteiger partial charge on any atom is 0.244 e. The third kappa shape index (κ3) is 4.71. The van der Waals surface area contributed by atoms with Crippen LogP contribution in [0.25, 0.3) is 0 Å². The van der Waals surface area contributed by atoms with Crippen LogP contribution in [0.2, 0.25) is 0 Å². The Bertz CT molecular complexity index is 739. The minimum absolute atomic E-state index is 0.00885. The molecule has 1 aromatic carbocycles. The lowest BCUT2D eigenvalue weighted by Gasteiger charge is -2.36. The first-order valence-corrected chi connectivity index (χ1v) is 9.71. The van der Waals surface area contributed by atoms with E-state index < -0.39 is 6.04 Å². The fourth-order valence-corrected chi connectivity index (χ4v) is 3.66. The predicted octanol–water partition coefficient (Wildman–Crippen LogP) is 3.01. The van der Waals surface area contributed by atoms with Crippen LogP contribution in [0.15, 0.2) is 30.6 Å². The molecular formula is C20H28FN5O. The second-order valence-electron chi connectivity index (χ2n) is 7.19. The molecule has 0 N–H and O–H groups in total. The number of halogens is 1. The van der Waals surface area contributed by atoms with E-state index in [4.69, 9.17) is 0 Å². The lowest BCUT2D eigenvalue weighted by molar-refractivity contribution is -0.137. The van der Waals surface area contributed by atoms with E-state index in [1.54, 1.807) is 30.4 Å². The molecule has 6 nitrogen and oxygen atoms in total. The van der Waals surface area contributed by atoms with Crippen molar-refractivity contribution in [2.45, 2.75) is 51.7 Å². The molecule has 2 aromatic rings. The number of amides is 1. The molecule has 3 rings (SSSR count). The van der Waals surface area contributed by atoms with Crippen LogP contribution in [0, 0.1) is 5.82 Å². The Balaban J connectivity index is 1.80. The van der Waals surface area contributed by atoms with Gasteiger partial charge in [0.1, 0.15) is 18.2 Å². The first-order chi connectivity index (χ1) is 13.1. The average molecular weight is 373 g/mol. The molecule has 1 fully saturated rings. The van der Waals surface area contributed by atoms with Gasteiger partial charge in [0.05, 0.1) is 6.54 Å². The number of aromatic nitrogens is 3. The number of likely N-dealkylation sites (N-methyl/N-ethyl adjacent to an activating group) is 1. The normalized spacial score (nSPS) is 16.3. The summed E-state index contributed by atoms with van der Waals surface area (Å²) in [5, 5.41) is 8.15. The van der Waals surface area contributed by atoms with Gasteiger partial charge in [-0.3, -0.25) is 9.69 Å². The van der Waals surface area contributed by atoms with Gasteiger partial charge in [-0.1, -0.05) is 25.5 Å². The number of benzene rings is 1. The molecule has 1 aliphatic rings. The van der Waals surface area contributed by atoms with Crippen molar-refractivity contribution in [1.82, 2.24) is 24.6 Å². The van der Waals surface area contributed by atoms with Gasteiger partial charge in [-0.15, -0.1) is 10.2 Å².